The van der Waals surface area contributed by atoms with E-state index in [4.69, 9.17) is 9.84 Å². The van der Waals surface area contributed by atoms with Crippen molar-refractivity contribution in [3.05, 3.63) is 11.8 Å². The van der Waals surface area contributed by atoms with E-state index in [9.17, 15) is 13.2 Å². The Morgan fingerprint density at radius 2 is 1.62 bits per heavy atom. The molecule has 2 aliphatic heterocycles. The van der Waals surface area contributed by atoms with E-state index in [2.05, 4.69) is 20.8 Å². The monoisotopic (exact) mass is 415 g/mol. The van der Waals surface area contributed by atoms with Gasteiger partial charge in [-0.05, 0) is 25.7 Å². The molecule has 164 valence electrons. The Morgan fingerprint density at radius 1 is 1.00 bits per heavy atom. The highest BCUT2D eigenvalue weighted by Crippen LogP contribution is 2.45. The molecule has 3 aliphatic rings. The molecule has 0 radical (unpaired) electrons. The van der Waals surface area contributed by atoms with E-state index in [-0.39, 0.29) is 18.8 Å². The van der Waals surface area contributed by atoms with E-state index in [1.807, 2.05) is 11.6 Å². The molecule has 4 rings (SSSR count). The summed E-state index contributed by atoms with van der Waals surface area (Å²) in [6, 6.07) is 2.07. The second-order valence-corrected chi connectivity index (χ2v) is 8.68. The number of piperazine rings is 1. The molecule has 3 fully saturated rings. The van der Waals surface area contributed by atoms with E-state index in [1.165, 1.54) is 0 Å². The van der Waals surface area contributed by atoms with Crippen LogP contribution in [0.2, 0.25) is 0 Å². The molecular formula is C20H32F3N5O. The zero-order valence-electron chi connectivity index (χ0n) is 17.2. The number of anilines is 1. The van der Waals surface area contributed by atoms with Gasteiger partial charge in [0.25, 0.3) is 0 Å². The van der Waals surface area contributed by atoms with Crippen molar-refractivity contribution in [1.29, 1.82) is 0 Å². The van der Waals surface area contributed by atoms with E-state index in [0.29, 0.717) is 6.54 Å². The highest BCUT2D eigenvalue weighted by molar-refractivity contribution is 5.40. The fourth-order valence-electron chi connectivity index (χ4n) is 4.54. The first-order chi connectivity index (χ1) is 13.9. The van der Waals surface area contributed by atoms with Crippen LogP contribution in [-0.2, 0) is 11.3 Å². The number of aryl methyl sites for hydroxylation is 1. The molecule has 1 aromatic rings. The Labute approximate surface area is 170 Å². The van der Waals surface area contributed by atoms with E-state index < -0.39 is 12.1 Å². The van der Waals surface area contributed by atoms with Crippen molar-refractivity contribution < 1.29 is 17.9 Å². The first kappa shape index (κ1) is 20.9. The summed E-state index contributed by atoms with van der Waals surface area (Å²) >= 11 is 0. The van der Waals surface area contributed by atoms with Crippen molar-refractivity contribution >= 4 is 5.82 Å². The molecule has 9 heteroatoms. The highest BCUT2D eigenvalue weighted by atomic mass is 19.4. The summed E-state index contributed by atoms with van der Waals surface area (Å²) in [5, 5.41) is 4.71. The van der Waals surface area contributed by atoms with Gasteiger partial charge in [-0.3, -0.25) is 14.5 Å². The van der Waals surface area contributed by atoms with E-state index in [0.717, 1.165) is 77.1 Å². The maximum atomic E-state index is 12.7. The van der Waals surface area contributed by atoms with Gasteiger partial charge in [-0.15, -0.1) is 0 Å². The van der Waals surface area contributed by atoms with E-state index >= 15 is 0 Å². The lowest BCUT2D eigenvalue weighted by molar-refractivity contribution is -0.205. The third-order valence-electron chi connectivity index (χ3n) is 6.63. The fraction of sp³-hybridized carbons (Fsp3) is 0.850. The van der Waals surface area contributed by atoms with Gasteiger partial charge in [0.05, 0.1) is 19.1 Å². The number of halogens is 3. The van der Waals surface area contributed by atoms with Crippen molar-refractivity contribution in [2.45, 2.75) is 32.5 Å². The van der Waals surface area contributed by atoms with Gasteiger partial charge in [-0.25, -0.2) is 0 Å². The number of hydrogen-bond donors (Lipinski definition) is 0. The largest absolute Gasteiger partial charge is 0.391 e. The number of alkyl halides is 3. The molecule has 0 atom stereocenters. The van der Waals surface area contributed by atoms with Gasteiger partial charge >= 0.3 is 6.18 Å². The van der Waals surface area contributed by atoms with Crippen LogP contribution in [0.15, 0.2) is 6.07 Å². The Kier molecular flexibility index (Phi) is 6.36. The zero-order valence-corrected chi connectivity index (χ0v) is 17.2. The molecule has 0 N–H and O–H groups in total. The molecule has 1 aliphatic carbocycles. The number of nitrogens with zero attached hydrogens (tertiary/aromatic N) is 5. The first-order valence-electron chi connectivity index (χ1n) is 10.8. The predicted octanol–water partition coefficient (Wildman–Crippen LogP) is 2.23. The SMILES string of the molecule is Cc1cc(N2CCN(CCN3CCOCC3)CC2)nn1CC1CC(C(F)(F)F)C1. The second-order valence-electron chi connectivity index (χ2n) is 8.68. The highest BCUT2D eigenvalue weighted by Gasteiger charge is 2.47. The molecule has 1 aromatic heterocycles. The summed E-state index contributed by atoms with van der Waals surface area (Å²) < 4.78 is 45.4. The summed E-state index contributed by atoms with van der Waals surface area (Å²) in [5.74, 6) is -0.0690. The number of hydrogen-bond acceptors (Lipinski definition) is 5. The maximum absolute atomic E-state index is 12.7. The van der Waals surface area contributed by atoms with Crippen LogP contribution in [0.3, 0.4) is 0 Å². The van der Waals surface area contributed by atoms with Gasteiger partial charge < -0.3 is 9.64 Å². The molecule has 0 aromatic carbocycles. The van der Waals surface area contributed by atoms with Crippen LogP contribution in [0.25, 0.3) is 0 Å². The Balaban J connectivity index is 1.21. The minimum absolute atomic E-state index is 0.0881. The lowest BCUT2D eigenvalue weighted by Crippen LogP contribution is -2.49. The average molecular weight is 416 g/mol. The molecule has 0 bridgehead atoms. The molecule has 0 spiro atoms. The zero-order chi connectivity index (χ0) is 20.4. The van der Waals surface area contributed by atoms with Crippen molar-refractivity contribution in [1.82, 2.24) is 19.6 Å². The predicted molar refractivity (Wildman–Crippen MR) is 105 cm³/mol. The van der Waals surface area contributed by atoms with Gasteiger partial charge in [0, 0.05) is 70.7 Å². The van der Waals surface area contributed by atoms with Gasteiger partial charge in [0.15, 0.2) is 5.82 Å². The Morgan fingerprint density at radius 3 is 2.24 bits per heavy atom. The van der Waals surface area contributed by atoms with Crippen molar-refractivity contribution in [3.63, 3.8) is 0 Å². The minimum Gasteiger partial charge on any atom is -0.379 e. The van der Waals surface area contributed by atoms with Crippen LogP contribution in [0.1, 0.15) is 18.5 Å². The lowest BCUT2D eigenvalue weighted by Gasteiger charge is -2.37. The summed E-state index contributed by atoms with van der Waals surface area (Å²) in [6.07, 6.45) is -3.57. The van der Waals surface area contributed by atoms with Crippen LogP contribution < -0.4 is 4.90 Å². The summed E-state index contributed by atoms with van der Waals surface area (Å²) in [5.41, 5.74) is 1.03. The quantitative estimate of drug-likeness (QED) is 0.712. The average Bonchev–Trinajstić information content (AvgIpc) is 3.03. The van der Waals surface area contributed by atoms with Crippen molar-refractivity contribution in [2.24, 2.45) is 11.8 Å². The molecule has 0 unspecified atom stereocenters. The maximum Gasteiger partial charge on any atom is 0.391 e. The topological polar surface area (TPSA) is 36.8 Å². The normalized spacial score (nSPS) is 27.2. The second kappa shape index (κ2) is 8.81. The van der Waals surface area contributed by atoms with Gasteiger partial charge in [0.2, 0.25) is 0 Å². The first-order valence-corrected chi connectivity index (χ1v) is 10.8. The van der Waals surface area contributed by atoms with Crippen molar-refractivity contribution in [2.75, 3.05) is 70.5 Å². The molecule has 6 nitrogen and oxygen atoms in total. The summed E-state index contributed by atoms with van der Waals surface area (Å²) in [4.78, 5) is 7.26. The van der Waals surface area contributed by atoms with Gasteiger partial charge in [-0.2, -0.15) is 18.3 Å². The number of morpholine rings is 1. The number of aromatic nitrogens is 2. The van der Waals surface area contributed by atoms with Gasteiger partial charge in [-0.1, -0.05) is 0 Å². The Hall–Kier alpha value is -1.32. The van der Waals surface area contributed by atoms with Crippen LogP contribution in [0.5, 0.6) is 0 Å². The Bertz CT molecular complexity index is 660. The summed E-state index contributed by atoms with van der Waals surface area (Å²) in [7, 11) is 0. The third-order valence-corrected chi connectivity index (χ3v) is 6.63. The molecule has 1 saturated carbocycles. The van der Waals surface area contributed by atoms with Crippen LogP contribution in [-0.4, -0.2) is 91.3 Å². The molecule has 0 amide bonds. The number of rotatable bonds is 6. The standard InChI is InChI=1S/C20H32F3N5O/c1-16-12-19(24-28(16)15-17-13-18(14-17)20(21,22)23)27-6-4-25(5-7-27)2-3-26-8-10-29-11-9-26/h12,17-18H,2-11,13-15H2,1H3. The molecular weight excluding hydrogens is 383 g/mol. The third kappa shape index (κ3) is 5.24. The van der Waals surface area contributed by atoms with Gasteiger partial charge in [0.1, 0.15) is 0 Å². The smallest absolute Gasteiger partial charge is 0.379 e. The van der Waals surface area contributed by atoms with Crippen LogP contribution >= 0.6 is 0 Å². The van der Waals surface area contributed by atoms with Crippen LogP contribution in [0.4, 0.5) is 19.0 Å². The van der Waals surface area contributed by atoms with Crippen molar-refractivity contribution in [3.8, 4) is 0 Å². The fourth-order valence-corrected chi connectivity index (χ4v) is 4.54. The molecule has 3 heterocycles. The number of ether oxygens (including phenoxy) is 1. The minimum atomic E-state index is -4.04. The molecule has 2 saturated heterocycles. The van der Waals surface area contributed by atoms with E-state index in [1.54, 1.807) is 0 Å². The summed E-state index contributed by atoms with van der Waals surface area (Å²) in [6.45, 7) is 12.4. The lowest BCUT2D eigenvalue weighted by atomic mass is 9.74. The van der Waals surface area contributed by atoms with Crippen LogP contribution in [0, 0.1) is 18.8 Å². The molecule has 29 heavy (non-hydrogen) atoms.